The van der Waals surface area contributed by atoms with Gasteiger partial charge in [0, 0.05) is 25.6 Å². The Hall–Kier alpha value is -0.120. The summed E-state index contributed by atoms with van der Waals surface area (Å²) in [7, 11) is 2.17. The van der Waals surface area contributed by atoms with E-state index in [-0.39, 0.29) is 0 Å². The minimum absolute atomic E-state index is 0.798. The van der Waals surface area contributed by atoms with E-state index in [1.807, 2.05) is 0 Å². The lowest BCUT2D eigenvalue weighted by Gasteiger charge is -2.36. The molecule has 2 saturated heterocycles. The summed E-state index contributed by atoms with van der Waals surface area (Å²) in [5.41, 5.74) is 0. The Morgan fingerprint density at radius 3 is 2.50 bits per heavy atom. The van der Waals surface area contributed by atoms with E-state index in [2.05, 4.69) is 23.8 Å². The largest absolute Gasteiger partial charge is 0.380 e. The van der Waals surface area contributed by atoms with Crippen LogP contribution in [0.5, 0.6) is 0 Å². The van der Waals surface area contributed by atoms with E-state index in [1.165, 1.54) is 39.0 Å². The Kier molecular flexibility index (Phi) is 4.62. The molecule has 2 heterocycles. The number of hydrogen-bond acceptors (Lipinski definition) is 3. The molecule has 0 amide bonds. The van der Waals surface area contributed by atoms with Gasteiger partial charge in [0.2, 0.25) is 0 Å². The Balaban J connectivity index is 1.45. The molecule has 0 aliphatic carbocycles. The number of hydrogen-bond donors (Lipinski definition) is 0. The molecule has 3 nitrogen and oxygen atoms in total. The van der Waals surface area contributed by atoms with Gasteiger partial charge in [-0.2, -0.15) is 0 Å². The summed E-state index contributed by atoms with van der Waals surface area (Å²) in [6, 6.07) is 0. The minimum Gasteiger partial charge on any atom is -0.380 e. The first-order chi connectivity index (χ1) is 7.74. The maximum atomic E-state index is 5.75. The van der Waals surface area contributed by atoms with Crippen LogP contribution in [0.1, 0.15) is 19.8 Å². The lowest BCUT2D eigenvalue weighted by atomic mass is 9.99. The van der Waals surface area contributed by atoms with Crippen molar-refractivity contribution in [3.63, 3.8) is 0 Å². The number of nitrogens with zero attached hydrogens (tertiary/aromatic N) is 2. The molecule has 0 bridgehead atoms. The van der Waals surface area contributed by atoms with E-state index < -0.39 is 0 Å². The van der Waals surface area contributed by atoms with Gasteiger partial charge in [-0.3, -0.25) is 0 Å². The second-order valence-electron chi connectivity index (χ2n) is 5.69. The van der Waals surface area contributed by atoms with Gasteiger partial charge in [-0.15, -0.1) is 0 Å². The van der Waals surface area contributed by atoms with Crippen molar-refractivity contribution in [2.45, 2.75) is 19.8 Å². The molecule has 0 saturated carbocycles. The Morgan fingerprint density at radius 2 is 1.88 bits per heavy atom. The zero-order valence-corrected chi connectivity index (χ0v) is 10.8. The first kappa shape index (κ1) is 12.3. The van der Waals surface area contributed by atoms with Gasteiger partial charge in [0.1, 0.15) is 0 Å². The average Bonchev–Trinajstić information content (AvgIpc) is 2.24. The highest BCUT2D eigenvalue weighted by Crippen LogP contribution is 2.16. The fraction of sp³-hybridized carbons (Fsp3) is 1.00. The first-order valence-corrected chi connectivity index (χ1v) is 6.72. The standard InChI is InChI=1S/C13H26N2O/c1-12-3-5-15(6-4-12)7-8-16-11-13-9-14(2)10-13/h12-13H,3-11H2,1-2H3. The van der Waals surface area contributed by atoms with Crippen molar-refractivity contribution >= 4 is 0 Å². The van der Waals surface area contributed by atoms with Crippen molar-refractivity contribution in [3.8, 4) is 0 Å². The van der Waals surface area contributed by atoms with Crippen molar-refractivity contribution in [2.75, 3.05) is 53.0 Å². The van der Waals surface area contributed by atoms with Gasteiger partial charge in [0.15, 0.2) is 0 Å². The van der Waals surface area contributed by atoms with Crippen LogP contribution in [0.25, 0.3) is 0 Å². The van der Waals surface area contributed by atoms with Crippen molar-refractivity contribution < 1.29 is 4.74 Å². The molecule has 2 rings (SSSR count). The molecule has 16 heavy (non-hydrogen) atoms. The third kappa shape index (κ3) is 3.72. The molecule has 3 heteroatoms. The van der Waals surface area contributed by atoms with Crippen LogP contribution in [0.4, 0.5) is 0 Å². The van der Waals surface area contributed by atoms with Gasteiger partial charge in [-0.25, -0.2) is 0 Å². The van der Waals surface area contributed by atoms with Crippen LogP contribution in [0.2, 0.25) is 0 Å². The molecular formula is C13H26N2O. The monoisotopic (exact) mass is 226 g/mol. The van der Waals surface area contributed by atoms with Crippen LogP contribution in [-0.4, -0.2) is 62.8 Å². The lowest BCUT2D eigenvalue weighted by Crippen LogP contribution is -2.46. The van der Waals surface area contributed by atoms with Crippen molar-refractivity contribution in [3.05, 3.63) is 0 Å². The van der Waals surface area contributed by atoms with Crippen LogP contribution < -0.4 is 0 Å². The van der Waals surface area contributed by atoms with Crippen molar-refractivity contribution in [1.82, 2.24) is 9.80 Å². The van der Waals surface area contributed by atoms with Crippen molar-refractivity contribution in [2.24, 2.45) is 11.8 Å². The van der Waals surface area contributed by atoms with E-state index in [4.69, 9.17) is 4.74 Å². The summed E-state index contributed by atoms with van der Waals surface area (Å²) >= 11 is 0. The fourth-order valence-corrected chi connectivity index (χ4v) is 2.66. The van der Waals surface area contributed by atoms with Crippen LogP contribution in [-0.2, 0) is 4.74 Å². The van der Waals surface area contributed by atoms with Gasteiger partial charge >= 0.3 is 0 Å². The van der Waals surface area contributed by atoms with Gasteiger partial charge in [-0.1, -0.05) is 6.92 Å². The highest BCUT2D eigenvalue weighted by atomic mass is 16.5. The van der Waals surface area contributed by atoms with E-state index in [1.54, 1.807) is 0 Å². The molecular weight excluding hydrogens is 200 g/mol. The predicted molar refractivity (Wildman–Crippen MR) is 66.6 cm³/mol. The Bertz CT molecular complexity index is 196. The summed E-state index contributed by atoms with van der Waals surface area (Å²) in [5.74, 6) is 1.73. The van der Waals surface area contributed by atoms with E-state index in [9.17, 15) is 0 Å². The smallest absolute Gasteiger partial charge is 0.0593 e. The third-order valence-corrected chi connectivity index (χ3v) is 3.92. The summed E-state index contributed by atoms with van der Waals surface area (Å²) < 4.78 is 5.75. The summed E-state index contributed by atoms with van der Waals surface area (Å²) in [6.45, 7) is 10.4. The van der Waals surface area contributed by atoms with Crippen LogP contribution in [0.15, 0.2) is 0 Å². The maximum absolute atomic E-state index is 5.75. The summed E-state index contributed by atoms with van der Waals surface area (Å²) in [4.78, 5) is 4.90. The third-order valence-electron chi connectivity index (χ3n) is 3.92. The summed E-state index contributed by atoms with van der Waals surface area (Å²) in [5, 5.41) is 0. The molecule has 0 aromatic carbocycles. The second-order valence-corrected chi connectivity index (χ2v) is 5.69. The molecule has 2 aliphatic rings. The predicted octanol–water partition coefficient (Wildman–Crippen LogP) is 1.30. The molecule has 2 aliphatic heterocycles. The SMILES string of the molecule is CC1CCN(CCOCC2CN(C)C2)CC1. The average molecular weight is 226 g/mol. The van der Waals surface area contributed by atoms with Gasteiger partial charge < -0.3 is 14.5 Å². The molecule has 0 atom stereocenters. The first-order valence-electron chi connectivity index (χ1n) is 6.72. The zero-order valence-electron chi connectivity index (χ0n) is 10.8. The number of piperidine rings is 1. The van der Waals surface area contributed by atoms with Gasteiger partial charge in [-0.05, 0) is 38.9 Å². The van der Waals surface area contributed by atoms with E-state index in [0.717, 1.165) is 31.6 Å². The molecule has 0 N–H and O–H groups in total. The molecule has 0 aromatic heterocycles. The van der Waals surface area contributed by atoms with Gasteiger partial charge in [0.25, 0.3) is 0 Å². The van der Waals surface area contributed by atoms with Gasteiger partial charge in [0.05, 0.1) is 13.2 Å². The Labute approximate surface area is 99.7 Å². The molecule has 0 unspecified atom stereocenters. The molecule has 0 aromatic rings. The highest BCUT2D eigenvalue weighted by Gasteiger charge is 2.23. The topological polar surface area (TPSA) is 15.7 Å². The quantitative estimate of drug-likeness (QED) is 0.657. The van der Waals surface area contributed by atoms with E-state index >= 15 is 0 Å². The number of ether oxygens (including phenoxy) is 1. The Morgan fingerprint density at radius 1 is 1.19 bits per heavy atom. The highest BCUT2D eigenvalue weighted by molar-refractivity contribution is 4.76. The summed E-state index contributed by atoms with van der Waals surface area (Å²) in [6.07, 6.45) is 2.74. The zero-order chi connectivity index (χ0) is 11.4. The lowest BCUT2D eigenvalue weighted by molar-refractivity contribution is 0.0169. The minimum atomic E-state index is 0.798. The molecule has 0 spiro atoms. The van der Waals surface area contributed by atoms with Crippen molar-refractivity contribution in [1.29, 1.82) is 0 Å². The molecule has 0 radical (unpaired) electrons. The number of likely N-dealkylation sites (tertiary alicyclic amines) is 2. The molecule has 2 fully saturated rings. The van der Waals surface area contributed by atoms with Crippen LogP contribution >= 0.6 is 0 Å². The van der Waals surface area contributed by atoms with Crippen LogP contribution in [0, 0.1) is 11.8 Å². The second kappa shape index (κ2) is 5.99. The normalized spacial score (nSPS) is 25.9. The maximum Gasteiger partial charge on any atom is 0.0593 e. The van der Waals surface area contributed by atoms with E-state index in [0.29, 0.717) is 0 Å². The fourth-order valence-electron chi connectivity index (χ4n) is 2.66. The number of rotatable bonds is 5. The molecule has 94 valence electrons. The van der Waals surface area contributed by atoms with Crippen LogP contribution in [0.3, 0.4) is 0 Å².